The third kappa shape index (κ3) is 20.3. The number of piperidine rings is 1. The van der Waals surface area contributed by atoms with Crippen molar-refractivity contribution < 1.29 is 74.0 Å². The van der Waals surface area contributed by atoms with Gasteiger partial charge in [0.15, 0.2) is 34.5 Å². The number of benzene rings is 7. The van der Waals surface area contributed by atoms with E-state index < -0.39 is 38.2 Å². The molecule has 6 aliphatic rings. The Morgan fingerprint density at radius 1 is 0.416 bits per heavy atom. The second-order valence-electron chi connectivity index (χ2n) is 31.1. The number of thiophene rings is 2. The van der Waals surface area contributed by atoms with Crippen molar-refractivity contribution in [1.29, 1.82) is 0 Å². The molecule has 15 rings (SSSR count). The van der Waals surface area contributed by atoms with E-state index in [2.05, 4.69) is 77.0 Å². The average molecular weight is 1780 g/mol. The molecule has 28 nitrogen and oxygen atoms in total. The van der Waals surface area contributed by atoms with Gasteiger partial charge in [-0.3, -0.25) is 53.4 Å². The van der Waals surface area contributed by atoms with E-state index in [1.807, 2.05) is 72.8 Å². The van der Waals surface area contributed by atoms with Gasteiger partial charge >= 0.3 is 0 Å². The number of nitrogens with one attached hydrogen (secondary N) is 2. The van der Waals surface area contributed by atoms with Gasteiger partial charge in [-0.05, 0) is 196 Å². The maximum absolute atomic E-state index is 14.2. The van der Waals surface area contributed by atoms with E-state index in [-0.39, 0.29) is 57.0 Å². The molecule has 8 heterocycles. The van der Waals surface area contributed by atoms with Gasteiger partial charge in [-0.1, -0.05) is 85.8 Å². The summed E-state index contributed by atoms with van der Waals surface area (Å²) in [5, 5.41) is 3.42. The summed E-state index contributed by atoms with van der Waals surface area (Å²) in [7, 11) is 2.04. The zero-order valence-electron chi connectivity index (χ0n) is 72.1. The highest BCUT2D eigenvalue weighted by molar-refractivity contribution is 7.91. The molecule has 32 heteroatoms. The summed E-state index contributed by atoms with van der Waals surface area (Å²) in [4.78, 5) is 104. The number of rotatable bonds is 34. The summed E-state index contributed by atoms with van der Waals surface area (Å²) in [6.07, 6.45) is 5.92. The molecule has 3 fully saturated rings. The number of nitrogens with zero attached hydrogens (tertiary/aromatic N) is 9. The number of hydrogen-bond donors (Lipinski definition) is 3. The third-order valence-corrected chi connectivity index (χ3v) is 29.6. The fourth-order valence-corrected chi connectivity index (χ4v) is 21.5. The van der Waals surface area contributed by atoms with Crippen LogP contribution < -0.4 is 58.3 Å². The summed E-state index contributed by atoms with van der Waals surface area (Å²) in [5.74, 6) is 1.71. The lowest BCUT2D eigenvalue weighted by atomic mass is 9.99. The molecule has 0 saturated carbocycles. The van der Waals surface area contributed by atoms with Crippen LogP contribution in [0.2, 0.25) is 0 Å². The minimum absolute atomic E-state index is 0.153. The lowest BCUT2D eigenvalue weighted by Crippen LogP contribution is -2.47. The second-order valence-corrected chi connectivity index (χ2v) is 37.0. The van der Waals surface area contributed by atoms with Gasteiger partial charge in [-0.2, -0.15) is 0 Å². The first-order chi connectivity index (χ1) is 60.5. The fraction of sp³-hybridized carbons (Fsp3) is 0.387. The molecular formula is C93H110N12O16S4. The minimum atomic E-state index is -3.63. The third-order valence-electron chi connectivity index (χ3n) is 23.8. The molecule has 4 N–H and O–H groups in total. The van der Waals surface area contributed by atoms with Gasteiger partial charge in [0, 0.05) is 91.1 Å². The Kier molecular flexibility index (Phi) is 30.5. The average Bonchev–Trinajstić information content (AvgIpc) is 1.60. The number of likely N-dealkylation sites (N-methyl/N-ethyl adjacent to an activating group) is 1. The topological polar surface area (TPSA) is 314 Å². The lowest BCUT2D eigenvalue weighted by Gasteiger charge is -2.39. The predicted octanol–water partition coefficient (Wildman–Crippen LogP) is 13.9. The first-order valence-corrected chi connectivity index (χ1v) is 47.0. The number of aliphatic imine (C=N–C) groups is 1. The first-order valence-electron chi connectivity index (χ1n) is 42.3. The van der Waals surface area contributed by atoms with Crippen molar-refractivity contribution in [1.82, 2.24) is 33.9 Å². The van der Waals surface area contributed by atoms with Crippen LogP contribution in [0.1, 0.15) is 187 Å². The normalized spacial score (nSPS) is 16.7. The van der Waals surface area contributed by atoms with Crippen molar-refractivity contribution in [2.24, 2.45) is 10.7 Å². The van der Waals surface area contributed by atoms with Gasteiger partial charge in [0.05, 0.1) is 117 Å². The predicted molar refractivity (Wildman–Crippen MR) is 486 cm³/mol. The van der Waals surface area contributed by atoms with Gasteiger partial charge < -0.3 is 53.8 Å². The molecule has 6 amide bonds. The first kappa shape index (κ1) is 91.5. The zero-order valence-corrected chi connectivity index (χ0v) is 75.3. The molecule has 0 aliphatic carbocycles. The van der Waals surface area contributed by atoms with Crippen LogP contribution in [0.15, 0.2) is 188 Å². The summed E-state index contributed by atoms with van der Waals surface area (Å²) in [6, 6.07) is 48.3. The van der Waals surface area contributed by atoms with E-state index in [0.717, 1.165) is 137 Å². The van der Waals surface area contributed by atoms with Crippen LogP contribution >= 0.6 is 22.7 Å². The van der Waals surface area contributed by atoms with Crippen molar-refractivity contribution >= 4 is 101 Å². The van der Waals surface area contributed by atoms with Crippen LogP contribution in [0.5, 0.6) is 34.5 Å². The van der Waals surface area contributed by atoms with Crippen molar-refractivity contribution in [3.05, 3.63) is 230 Å². The van der Waals surface area contributed by atoms with Crippen LogP contribution in [-0.4, -0.2) is 217 Å². The molecule has 2 aromatic heterocycles. The van der Waals surface area contributed by atoms with Crippen molar-refractivity contribution in [3.8, 4) is 34.5 Å². The molecular weight excluding hydrogens is 1670 g/mol. The number of ether oxygens (including phenoxy) is 6. The van der Waals surface area contributed by atoms with Crippen LogP contribution in [-0.2, 0) is 20.0 Å². The highest BCUT2D eigenvalue weighted by Crippen LogP contribution is 2.46. The van der Waals surface area contributed by atoms with E-state index in [4.69, 9.17) is 34.2 Å². The van der Waals surface area contributed by atoms with Crippen LogP contribution in [0.25, 0.3) is 0 Å². The Labute approximate surface area is 739 Å². The van der Waals surface area contributed by atoms with Crippen LogP contribution in [0.3, 0.4) is 0 Å². The summed E-state index contributed by atoms with van der Waals surface area (Å²) < 4.78 is 89.0. The molecule has 0 unspecified atom stereocenters. The number of fused-ring (bicyclic) bond motifs is 3. The van der Waals surface area contributed by atoms with E-state index in [0.29, 0.717) is 136 Å². The zero-order chi connectivity index (χ0) is 88.6. The molecule has 7 aromatic carbocycles. The van der Waals surface area contributed by atoms with E-state index in [1.165, 1.54) is 34.5 Å². The summed E-state index contributed by atoms with van der Waals surface area (Å²) >= 11 is 2.29. The summed E-state index contributed by atoms with van der Waals surface area (Å²) in [5.41, 5.74) is 14.2. The van der Waals surface area contributed by atoms with Crippen LogP contribution in [0, 0.1) is 0 Å². The van der Waals surface area contributed by atoms with Crippen molar-refractivity contribution in [3.63, 3.8) is 0 Å². The van der Waals surface area contributed by atoms with Crippen molar-refractivity contribution in [2.45, 2.75) is 111 Å². The molecule has 6 aliphatic heterocycles. The maximum atomic E-state index is 14.2. The minimum Gasteiger partial charge on any atom is -0.493 e. The molecule has 0 spiro atoms. The number of carbonyl (C=O) groups is 6. The number of hydrogen-bond acceptors (Lipinski definition) is 24. The Morgan fingerprint density at radius 3 is 1.14 bits per heavy atom. The van der Waals surface area contributed by atoms with Gasteiger partial charge in [-0.15, -0.1) is 22.7 Å². The number of nitrogens with two attached hydrogens (primary N) is 1. The largest absolute Gasteiger partial charge is 0.493 e. The van der Waals surface area contributed by atoms with Gasteiger partial charge in [0.25, 0.3) is 35.4 Å². The number of imide groups is 3. The maximum Gasteiger partial charge on any atom is 0.264 e. The number of methoxy groups -OCH3 is 6. The second kappa shape index (κ2) is 41.7. The standard InChI is InChI=1S/C34H41N5O4.C30H36N4O6S2.C29H33N3O6S2/c1-23(25-10-6-5-7-11-25)37-18-20-38(21-19-37)29-13-8-12-27-32(29)34(41)39(33(27)40)28(14-9-17-36-24(2)35)26-15-16-30(42-3)31(22-26)43-4;1-4-32-15-17-33(18-16-32)24-9-5-8-22-28(24)30(36)34(29(22)35)23(21-12-13-25(39-2)26(20-21)40-3)10-6-14-31-42(37,38)27-11-7-19-41-27;1-37-24-14-13-20(19-25(24)38-2)22(11-7-15-30-40(35,36)26-12-8-18-39-26)32-28(33)21-9-6-10-23(27(21)29(32)34)31-16-4-3-5-17-31/h5-8,10-13,15-16,22-23,28H,9,14,17-21H2,1-4H3,(H2,35,36);5,7-9,11-13,19-20,23,31H,4,6,10,14-18H2,1-3H3;6,8-10,12-14,18-19,22,30H,3-5,7,11,15-17H2,1-2H3/t23-,28-;23-;22-/m111/s1. The smallest absolute Gasteiger partial charge is 0.264 e. The molecule has 0 radical (unpaired) electrons. The SMILES string of the molecule is CCN1CCN(c2cccc3c2C(=O)N([C@H](CCCNS(=O)(=O)c2cccs2)c2ccc(OC)c(OC)c2)C3=O)CC1.COc1ccc([C@@H](CCCN=C(C)N)N2C(=O)c3cccc(N4CCN([C@H](C)c5ccccc5)CC4)c3C2=O)cc1OC.COc1ccc([C@@H](CCCNS(=O)(=O)c2cccs2)N2C(=O)c3cccc(N4CCCCC4)c3C2=O)cc1OC. The monoisotopic (exact) mass is 1780 g/mol. The molecule has 662 valence electrons. The number of amides is 6. The van der Waals surface area contributed by atoms with E-state index in [9.17, 15) is 45.6 Å². The molecule has 9 aromatic rings. The Hall–Kier alpha value is -11.2. The Balaban J connectivity index is 0.000000161. The fourth-order valence-electron chi connectivity index (χ4n) is 17.3. The highest BCUT2D eigenvalue weighted by Gasteiger charge is 2.47. The molecule has 3 saturated heterocycles. The number of amidine groups is 1. The van der Waals surface area contributed by atoms with Gasteiger partial charge in [0.2, 0.25) is 20.0 Å². The molecule has 4 atom stereocenters. The number of sulfonamides is 2. The number of carbonyl (C=O) groups excluding carboxylic acids is 6. The van der Waals surface area contributed by atoms with E-state index in [1.54, 1.807) is 113 Å². The Bertz CT molecular complexity index is 5580. The highest BCUT2D eigenvalue weighted by atomic mass is 32.3. The van der Waals surface area contributed by atoms with Gasteiger partial charge in [-0.25, -0.2) is 26.3 Å². The number of piperazine rings is 2. The summed E-state index contributed by atoms with van der Waals surface area (Å²) in [6.45, 7) is 16.2. The quantitative estimate of drug-likeness (QED) is 0.0146. The lowest BCUT2D eigenvalue weighted by molar-refractivity contribution is 0.0557. The number of anilines is 3. The van der Waals surface area contributed by atoms with Crippen LogP contribution in [0.4, 0.5) is 17.1 Å². The molecule has 125 heavy (non-hydrogen) atoms. The van der Waals surface area contributed by atoms with Crippen molar-refractivity contribution in [2.75, 3.05) is 149 Å². The molecule has 0 bridgehead atoms. The van der Waals surface area contributed by atoms with Gasteiger partial charge in [0.1, 0.15) is 8.42 Å². The Morgan fingerprint density at radius 2 is 0.784 bits per heavy atom. The van der Waals surface area contributed by atoms with E-state index >= 15 is 0 Å².